The van der Waals surface area contributed by atoms with Crippen molar-refractivity contribution in [3.63, 3.8) is 0 Å². The molecule has 1 N–H and O–H groups in total. The molecule has 2 aliphatic rings. The molecular formula is C19H23F2N3O3. The lowest BCUT2D eigenvalue weighted by molar-refractivity contribution is -0.139. The Hall–Kier alpha value is -2.51. The number of carbonyl (C=O) groups excluding carboxylic acids is 3. The van der Waals surface area contributed by atoms with Crippen LogP contribution < -0.4 is 5.32 Å². The van der Waals surface area contributed by atoms with Crippen LogP contribution in [0.15, 0.2) is 18.2 Å². The highest BCUT2D eigenvalue weighted by Crippen LogP contribution is 2.31. The number of halogens is 2. The summed E-state index contributed by atoms with van der Waals surface area (Å²) >= 11 is 0. The second kappa shape index (κ2) is 7.62. The molecule has 8 heteroatoms. The van der Waals surface area contributed by atoms with Crippen molar-refractivity contribution in [2.75, 3.05) is 19.6 Å². The number of benzene rings is 1. The number of carbonyl (C=O) groups is 3. The van der Waals surface area contributed by atoms with Crippen LogP contribution in [0, 0.1) is 11.6 Å². The molecule has 1 unspecified atom stereocenters. The molecule has 0 spiro atoms. The van der Waals surface area contributed by atoms with E-state index in [0.717, 1.165) is 55.2 Å². The zero-order valence-corrected chi connectivity index (χ0v) is 15.3. The SMILES string of the molecule is CC1(c2cc(F)ccc2F)NC(=O)N(CC(=O)N2CCCCCCC2)C1=O. The Kier molecular flexibility index (Phi) is 5.43. The Labute approximate surface area is 156 Å². The molecule has 2 heterocycles. The van der Waals surface area contributed by atoms with Crippen molar-refractivity contribution in [3.05, 3.63) is 35.4 Å². The van der Waals surface area contributed by atoms with Crippen LogP contribution in [0.2, 0.25) is 0 Å². The molecule has 0 aromatic heterocycles. The van der Waals surface area contributed by atoms with Gasteiger partial charge in [-0.2, -0.15) is 0 Å². The molecule has 2 aliphatic heterocycles. The number of rotatable bonds is 3. The third-order valence-electron chi connectivity index (χ3n) is 5.24. The number of amides is 4. The monoisotopic (exact) mass is 379 g/mol. The Morgan fingerprint density at radius 1 is 1.11 bits per heavy atom. The summed E-state index contributed by atoms with van der Waals surface area (Å²) in [5, 5.41) is 2.41. The summed E-state index contributed by atoms with van der Waals surface area (Å²) in [6.45, 7) is 2.10. The van der Waals surface area contributed by atoms with Gasteiger partial charge >= 0.3 is 6.03 Å². The van der Waals surface area contributed by atoms with Crippen LogP contribution >= 0.6 is 0 Å². The highest BCUT2D eigenvalue weighted by Gasteiger charge is 2.51. The number of hydrogen-bond donors (Lipinski definition) is 1. The summed E-state index contributed by atoms with van der Waals surface area (Å²) in [6.07, 6.45) is 5.01. The molecule has 0 bridgehead atoms. The third kappa shape index (κ3) is 3.79. The minimum atomic E-state index is -1.75. The summed E-state index contributed by atoms with van der Waals surface area (Å²) < 4.78 is 27.7. The van der Waals surface area contributed by atoms with Crippen molar-refractivity contribution < 1.29 is 23.2 Å². The normalized spacial score (nSPS) is 23.8. The van der Waals surface area contributed by atoms with E-state index in [2.05, 4.69) is 5.32 Å². The lowest BCUT2D eigenvalue weighted by atomic mass is 9.91. The second-order valence-corrected chi connectivity index (χ2v) is 7.22. The molecule has 0 saturated carbocycles. The van der Waals surface area contributed by atoms with Crippen molar-refractivity contribution >= 4 is 17.8 Å². The first-order valence-electron chi connectivity index (χ1n) is 9.20. The fraction of sp³-hybridized carbons (Fsp3) is 0.526. The van der Waals surface area contributed by atoms with Crippen molar-refractivity contribution in [3.8, 4) is 0 Å². The van der Waals surface area contributed by atoms with Gasteiger partial charge in [-0.1, -0.05) is 19.3 Å². The Morgan fingerprint density at radius 2 is 1.74 bits per heavy atom. The second-order valence-electron chi connectivity index (χ2n) is 7.22. The van der Waals surface area contributed by atoms with Crippen molar-refractivity contribution in [2.45, 2.75) is 44.6 Å². The maximum Gasteiger partial charge on any atom is 0.325 e. The van der Waals surface area contributed by atoms with E-state index in [0.29, 0.717) is 13.1 Å². The number of nitrogens with one attached hydrogen (secondary N) is 1. The number of urea groups is 1. The van der Waals surface area contributed by atoms with Crippen molar-refractivity contribution in [1.29, 1.82) is 0 Å². The van der Waals surface area contributed by atoms with Gasteiger partial charge in [-0.3, -0.25) is 14.5 Å². The van der Waals surface area contributed by atoms with E-state index in [1.165, 1.54) is 6.92 Å². The number of likely N-dealkylation sites (tertiary alicyclic amines) is 1. The summed E-state index contributed by atoms with van der Waals surface area (Å²) in [7, 11) is 0. The molecule has 0 radical (unpaired) electrons. The number of nitrogens with zero attached hydrogens (tertiary/aromatic N) is 2. The summed E-state index contributed by atoms with van der Waals surface area (Å²) in [4.78, 5) is 40.2. The third-order valence-corrected chi connectivity index (χ3v) is 5.24. The number of hydrogen-bond acceptors (Lipinski definition) is 3. The van der Waals surface area contributed by atoms with E-state index in [9.17, 15) is 23.2 Å². The topological polar surface area (TPSA) is 69.7 Å². The fourth-order valence-corrected chi connectivity index (χ4v) is 3.64. The smallest absolute Gasteiger partial charge is 0.325 e. The molecule has 4 amide bonds. The molecule has 146 valence electrons. The van der Waals surface area contributed by atoms with Gasteiger partial charge in [0.1, 0.15) is 23.7 Å². The van der Waals surface area contributed by atoms with E-state index in [1.54, 1.807) is 4.90 Å². The largest absolute Gasteiger partial charge is 0.341 e. The van der Waals surface area contributed by atoms with Gasteiger partial charge in [0.25, 0.3) is 5.91 Å². The maximum atomic E-state index is 14.2. The molecule has 2 saturated heterocycles. The minimum absolute atomic E-state index is 0.262. The number of imide groups is 1. The van der Waals surface area contributed by atoms with E-state index in [1.807, 2.05) is 0 Å². The molecule has 3 rings (SSSR count). The standard InChI is InChI=1S/C19H23F2N3O3/c1-19(14-11-13(20)7-8-15(14)21)17(26)24(18(27)22-19)12-16(25)23-9-5-3-2-4-6-10-23/h7-8,11H,2-6,9-10,12H2,1H3,(H,22,27). The Balaban J connectivity index is 1.77. The van der Waals surface area contributed by atoms with Crippen LogP contribution in [0.3, 0.4) is 0 Å². The fourth-order valence-electron chi connectivity index (χ4n) is 3.64. The maximum absolute atomic E-state index is 14.2. The highest BCUT2D eigenvalue weighted by molar-refractivity contribution is 6.09. The zero-order chi connectivity index (χ0) is 19.6. The molecule has 1 aromatic rings. The van der Waals surface area contributed by atoms with E-state index >= 15 is 0 Å². The molecule has 27 heavy (non-hydrogen) atoms. The lowest BCUT2D eigenvalue weighted by Gasteiger charge is -2.27. The van der Waals surface area contributed by atoms with Gasteiger partial charge in [0.05, 0.1) is 0 Å². The van der Waals surface area contributed by atoms with Crippen LogP contribution in [0.25, 0.3) is 0 Å². The summed E-state index contributed by atoms with van der Waals surface area (Å²) in [6, 6.07) is 1.94. The van der Waals surface area contributed by atoms with Gasteiger partial charge in [-0.05, 0) is 38.0 Å². The zero-order valence-electron chi connectivity index (χ0n) is 15.3. The van der Waals surface area contributed by atoms with Gasteiger partial charge in [0, 0.05) is 18.7 Å². The highest BCUT2D eigenvalue weighted by atomic mass is 19.1. The molecule has 2 fully saturated rings. The van der Waals surface area contributed by atoms with Crippen LogP contribution in [-0.4, -0.2) is 47.3 Å². The molecular weight excluding hydrogens is 356 g/mol. The minimum Gasteiger partial charge on any atom is -0.341 e. The van der Waals surface area contributed by atoms with E-state index in [-0.39, 0.29) is 11.5 Å². The van der Waals surface area contributed by atoms with Crippen LogP contribution in [-0.2, 0) is 15.1 Å². The van der Waals surface area contributed by atoms with Gasteiger partial charge in [0.15, 0.2) is 0 Å². The van der Waals surface area contributed by atoms with Gasteiger partial charge in [-0.25, -0.2) is 13.6 Å². The quantitative estimate of drug-likeness (QED) is 0.821. The van der Waals surface area contributed by atoms with Crippen molar-refractivity contribution in [2.24, 2.45) is 0 Å². The Morgan fingerprint density at radius 3 is 2.41 bits per heavy atom. The average Bonchev–Trinajstić information content (AvgIpc) is 2.80. The average molecular weight is 379 g/mol. The summed E-state index contributed by atoms with van der Waals surface area (Å²) in [5.41, 5.74) is -2.01. The van der Waals surface area contributed by atoms with E-state index < -0.39 is 35.7 Å². The molecule has 1 atom stereocenters. The molecule has 1 aromatic carbocycles. The molecule has 0 aliphatic carbocycles. The van der Waals surface area contributed by atoms with Crippen LogP contribution in [0.5, 0.6) is 0 Å². The lowest BCUT2D eigenvalue weighted by Crippen LogP contribution is -2.45. The predicted molar refractivity (Wildman–Crippen MR) is 93.6 cm³/mol. The van der Waals surface area contributed by atoms with Crippen LogP contribution in [0.1, 0.15) is 44.6 Å². The predicted octanol–water partition coefficient (Wildman–Crippen LogP) is 2.52. The first-order valence-corrected chi connectivity index (χ1v) is 9.20. The van der Waals surface area contributed by atoms with Gasteiger partial charge in [-0.15, -0.1) is 0 Å². The summed E-state index contributed by atoms with van der Waals surface area (Å²) in [5.74, 6) is -2.60. The molecule has 6 nitrogen and oxygen atoms in total. The van der Waals surface area contributed by atoms with Gasteiger partial charge in [0.2, 0.25) is 5.91 Å². The Bertz CT molecular complexity index is 763. The van der Waals surface area contributed by atoms with E-state index in [4.69, 9.17) is 0 Å². The first kappa shape index (κ1) is 19.3. The van der Waals surface area contributed by atoms with Gasteiger partial charge < -0.3 is 10.2 Å². The first-order chi connectivity index (χ1) is 12.8. The van der Waals surface area contributed by atoms with Crippen molar-refractivity contribution in [1.82, 2.24) is 15.1 Å². The van der Waals surface area contributed by atoms with Crippen LogP contribution in [0.4, 0.5) is 13.6 Å².